The van der Waals surface area contributed by atoms with Gasteiger partial charge in [0.25, 0.3) is 0 Å². The van der Waals surface area contributed by atoms with E-state index in [-0.39, 0.29) is 15.6 Å². The smallest absolute Gasteiger partial charge is 0.249 e. The molecule has 14 heavy (non-hydrogen) atoms. The normalized spacial score (nSPS) is 9.36. The number of hydrogen-bond acceptors (Lipinski definition) is 1. The van der Waals surface area contributed by atoms with Crippen molar-refractivity contribution >= 4 is 45.0 Å². The average molecular weight is 295 g/mol. The summed E-state index contributed by atoms with van der Waals surface area (Å²) < 4.78 is 0.498. The molecule has 0 aliphatic rings. The molecule has 0 unspecified atom stereocenters. The quantitative estimate of drug-likeness (QED) is 0.331. The Balaban J connectivity index is 3.25. The number of benzene rings is 1. The number of carbonyl (C=O) groups excluding carboxylic acids is 1. The van der Waals surface area contributed by atoms with Gasteiger partial charge in [-0.1, -0.05) is 23.2 Å². The van der Waals surface area contributed by atoms with Crippen LogP contribution in [0.4, 0.5) is 0 Å². The highest BCUT2D eigenvalue weighted by Crippen LogP contribution is 2.31. The maximum absolute atomic E-state index is 11.1. The fourth-order valence-electron chi connectivity index (χ4n) is 0.777. The van der Waals surface area contributed by atoms with Gasteiger partial charge in [-0.15, -0.1) is 0 Å². The van der Waals surface area contributed by atoms with Crippen LogP contribution in [-0.2, 0) is 0 Å². The van der Waals surface area contributed by atoms with Crippen LogP contribution in [0.25, 0.3) is 10.4 Å². The molecule has 0 radical (unpaired) electrons. The van der Waals surface area contributed by atoms with Crippen LogP contribution in [-0.4, -0.2) is 5.91 Å². The summed E-state index contributed by atoms with van der Waals surface area (Å²) in [6.07, 6.45) is 0. The van der Waals surface area contributed by atoms with E-state index in [1.165, 1.54) is 12.1 Å². The molecule has 72 valence electrons. The molecule has 1 rings (SSSR count). The lowest BCUT2D eigenvalue weighted by atomic mass is 10.2. The van der Waals surface area contributed by atoms with E-state index < -0.39 is 5.91 Å². The topological polar surface area (TPSA) is 65.8 Å². The van der Waals surface area contributed by atoms with Gasteiger partial charge in [0.2, 0.25) is 5.91 Å². The van der Waals surface area contributed by atoms with E-state index in [0.717, 1.165) is 0 Å². The number of halogens is 3. The lowest BCUT2D eigenvalue weighted by Gasteiger charge is -2.01. The standard InChI is InChI=1S/C7H2BrCl2N3O/c8-6-4(9)1-3(2-5(6)10)7(14)12-13-11/h1-2H. The fourth-order valence-corrected chi connectivity index (χ4v) is 1.49. The summed E-state index contributed by atoms with van der Waals surface area (Å²) in [7, 11) is 0. The molecule has 0 saturated carbocycles. The number of hydrogen-bond donors (Lipinski definition) is 0. The van der Waals surface area contributed by atoms with Gasteiger partial charge in [0.05, 0.1) is 14.5 Å². The molecule has 0 bridgehead atoms. The first-order valence-corrected chi connectivity index (χ1v) is 4.85. The molecule has 0 aromatic heterocycles. The van der Waals surface area contributed by atoms with Crippen LogP contribution < -0.4 is 0 Å². The van der Waals surface area contributed by atoms with Gasteiger partial charge in [0, 0.05) is 10.5 Å². The van der Waals surface area contributed by atoms with Gasteiger partial charge in [-0.3, -0.25) is 4.79 Å². The largest absolute Gasteiger partial charge is 0.287 e. The Labute approximate surface area is 97.6 Å². The number of amides is 1. The molecule has 0 N–H and O–H groups in total. The zero-order valence-electron chi connectivity index (χ0n) is 6.54. The summed E-state index contributed by atoms with van der Waals surface area (Å²) >= 11 is 14.6. The maximum Gasteiger partial charge on any atom is 0.249 e. The van der Waals surface area contributed by atoms with Crippen molar-refractivity contribution in [1.29, 1.82) is 0 Å². The molecule has 1 amide bonds. The first kappa shape index (κ1) is 11.3. The van der Waals surface area contributed by atoms with E-state index in [2.05, 4.69) is 26.0 Å². The van der Waals surface area contributed by atoms with Crippen molar-refractivity contribution in [1.82, 2.24) is 0 Å². The van der Waals surface area contributed by atoms with Gasteiger partial charge >= 0.3 is 0 Å². The molecule has 7 heteroatoms. The molecular weight excluding hydrogens is 293 g/mol. The maximum atomic E-state index is 11.1. The van der Waals surface area contributed by atoms with Crippen molar-refractivity contribution in [2.75, 3.05) is 0 Å². The van der Waals surface area contributed by atoms with Gasteiger partial charge in [0.15, 0.2) is 0 Å². The minimum Gasteiger partial charge on any atom is -0.287 e. The van der Waals surface area contributed by atoms with Crippen molar-refractivity contribution in [2.45, 2.75) is 0 Å². The van der Waals surface area contributed by atoms with Crippen LogP contribution in [0.2, 0.25) is 10.0 Å². The minimum atomic E-state index is -0.719. The molecule has 0 spiro atoms. The van der Waals surface area contributed by atoms with Gasteiger partial charge in [-0.25, -0.2) is 0 Å². The number of rotatable bonds is 1. The lowest BCUT2D eigenvalue weighted by Crippen LogP contribution is -1.93. The van der Waals surface area contributed by atoms with Crippen molar-refractivity contribution in [3.63, 3.8) is 0 Å². The Morgan fingerprint density at radius 1 is 1.43 bits per heavy atom. The first-order valence-electron chi connectivity index (χ1n) is 3.30. The summed E-state index contributed by atoms with van der Waals surface area (Å²) in [5.41, 5.74) is 8.21. The Morgan fingerprint density at radius 2 is 1.93 bits per heavy atom. The Hall–Kier alpha value is -0.740. The van der Waals surface area contributed by atoms with Crippen LogP contribution in [0.5, 0.6) is 0 Å². The van der Waals surface area contributed by atoms with Gasteiger partial charge in [-0.2, -0.15) is 0 Å². The summed E-state index contributed by atoms with van der Waals surface area (Å²) in [6.45, 7) is 0. The SMILES string of the molecule is [N-]=[N+]=NC(=O)c1cc(Cl)c(Br)c(Cl)c1. The van der Waals surface area contributed by atoms with Crippen LogP contribution in [0, 0.1) is 0 Å². The summed E-state index contributed by atoms with van der Waals surface area (Å²) in [4.78, 5) is 13.5. The van der Waals surface area contributed by atoms with E-state index in [4.69, 9.17) is 28.7 Å². The molecule has 1 aromatic carbocycles. The molecular formula is C7H2BrCl2N3O. The highest BCUT2D eigenvalue weighted by atomic mass is 79.9. The molecule has 1 aromatic rings. The summed E-state index contributed by atoms with van der Waals surface area (Å²) in [5, 5.41) is 3.49. The minimum absolute atomic E-state index is 0.154. The van der Waals surface area contributed by atoms with Crippen molar-refractivity contribution < 1.29 is 4.79 Å². The van der Waals surface area contributed by atoms with Crippen LogP contribution in [0.3, 0.4) is 0 Å². The molecule has 0 atom stereocenters. The second-order valence-corrected chi connectivity index (χ2v) is 3.86. The van der Waals surface area contributed by atoms with E-state index in [1.807, 2.05) is 0 Å². The molecule has 0 fully saturated rings. The molecule has 0 saturated heterocycles. The van der Waals surface area contributed by atoms with E-state index in [9.17, 15) is 4.79 Å². The molecule has 0 aliphatic carbocycles. The van der Waals surface area contributed by atoms with Gasteiger partial charge < -0.3 is 0 Å². The third kappa shape index (κ3) is 2.39. The van der Waals surface area contributed by atoms with E-state index in [1.54, 1.807) is 0 Å². The lowest BCUT2D eigenvalue weighted by molar-refractivity contribution is 0.100. The summed E-state index contributed by atoms with van der Waals surface area (Å²) in [6, 6.07) is 2.74. The van der Waals surface area contributed by atoms with E-state index >= 15 is 0 Å². The third-order valence-electron chi connectivity index (χ3n) is 1.37. The van der Waals surface area contributed by atoms with Gasteiger partial charge in [0.1, 0.15) is 0 Å². The Kier molecular flexibility index (Phi) is 3.77. The third-order valence-corrected chi connectivity index (χ3v) is 3.27. The van der Waals surface area contributed by atoms with Crippen molar-refractivity contribution in [3.8, 4) is 0 Å². The monoisotopic (exact) mass is 293 g/mol. The Morgan fingerprint density at radius 3 is 2.36 bits per heavy atom. The Bertz CT molecular complexity index is 420. The van der Waals surface area contributed by atoms with Crippen molar-refractivity contribution in [3.05, 3.63) is 42.7 Å². The first-order chi connectivity index (χ1) is 6.56. The highest BCUT2D eigenvalue weighted by molar-refractivity contribution is 9.10. The van der Waals surface area contributed by atoms with Gasteiger partial charge in [-0.05, 0) is 38.7 Å². The predicted molar refractivity (Wildman–Crippen MR) is 57.6 cm³/mol. The molecule has 4 nitrogen and oxygen atoms in total. The van der Waals surface area contributed by atoms with Crippen LogP contribution in [0.1, 0.15) is 10.4 Å². The number of nitrogens with zero attached hydrogens (tertiary/aromatic N) is 3. The van der Waals surface area contributed by atoms with Crippen LogP contribution in [0.15, 0.2) is 21.7 Å². The van der Waals surface area contributed by atoms with Crippen LogP contribution >= 0.6 is 39.1 Å². The predicted octanol–water partition coefficient (Wildman–Crippen LogP) is 4.21. The van der Waals surface area contributed by atoms with E-state index in [0.29, 0.717) is 4.47 Å². The summed E-state index contributed by atoms with van der Waals surface area (Å²) in [5.74, 6) is -0.719. The number of azide groups is 1. The molecule has 0 aliphatic heterocycles. The average Bonchev–Trinajstić information content (AvgIpc) is 2.13. The van der Waals surface area contributed by atoms with Crippen molar-refractivity contribution in [2.24, 2.45) is 5.11 Å². The fraction of sp³-hybridized carbons (Fsp3) is 0. The molecule has 0 heterocycles. The zero-order chi connectivity index (χ0) is 10.7. The number of carbonyl (C=O) groups is 1. The highest BCUT2D eigenvalue weighted by Gasteiger charge is 2.09. The zero-order valence-corrected chi connectivity index (χ0v) is 9.64. The second-order valence-electron chi connectivity index (χ2n) is 2.25. The second kappa shape index (κ2) is 4.66.